The molecule has 0 atom stereocenters. The summed E-state index contributed by atoms with van der Waals surface area (Å²) < 4.78 is 38.7. The van der Waals surface area contributed by atoms with Crippen LogP contribution in [0, 0.1) is 23.0 Å². The molecule has 2 aromatic carbocycles. The molecule has 3 rings (SSSR count). The Morgan fingerprint density at radius 1 is 1.11 bits per heavy atom. The Balaban J connectivity index is 2.03. The Hall–Kier alpha value is -3.47. The van der Waals surface area contributed by atoms with Gasteiger partial charge >= 0.3 is 0 Å². The minimum Gasteiger partial charge on any atom is -0.493 e. The van der Waals surface area contributed by atoms with Crippen LogP contribution >= 0.6 is 0 Å². The lowest BCUT2D eigenvalue weighted by molar-refractivity contribution is 0.333. The molecule has 0 amide bonds. The van der Waals surface area contributed by atoms with Gasteiger partial charge in [-0.05, 0) is 12.1 Å². The van der Waals surface area contributed by atoms with Gasteiger partial charge in [0.1, 0.15) is 6.54 Å². The lowest BCUT2D eigenvalue weighted by atomic mass is 10.2. The van der Waals surface area contributed by atoms with E-state index in [1.165, 1.54) is 18.1 Å². The van der Waals surface area contributed by atoms with Crippen molar-refractivity contribution in [3.63, 3.8) is 0 Å². The summed E-state index contributed by atoms with van der Waals surface area (Å²) in [6.07, 6.45) is 1.56. The average molecular weight is 370 g/mol. The third kappa shape index (κ3) is 3.58. The molecule has 0 aliphatic rings. The second kappa shape index (κ2) is 7.83. The molecule has 0 unspecified atom stereocenters. The fraction of sp³-hybridized carbons (Fsp3) is 0.211. The van der Waals surface area contributed by atoms with Gasteiger partial charge in [0.25, 0.3) is 0 Å². The van der Waals surface area contributed by atoms with E-state index in [4.69, 9.17) is 14.7 Å². The van der Waals surface area contributed by atoms with E-state index in [2.05, 4.69) is 9.97 Å². The molecule has 0 bridgehead atoms. The minimum absolute atomic E-state index is 0.0263. The van der Waals surface area contributed by atoms with Crippen LogP contribution in [0.1, 0.15) is 5.69 Å². The number of para-hydroxylation sites is 2. The molecule has 0 saturated heterocycles. The predicted molar refractivity (Wildman–Crippen MR) is 95.7 cm³/mol. The SMILES string of the molecule is COc1cc(N(CC#N)Cc2cnc3ccccc3n2)c(F)c(OC)c1F. The highest BCUT2D eigenvalue weighted by Crippen LogP contribution is 2.37. The standard InChI is InChI=1S/C19H16F2N4O2/c1-26-16-9-15(17(20)19(27-2)18(16)21)25(8-7-22)11-12-10-23-13-5-3-4-6-14(13)24-12/h3-6,9-10H,8,11H2,1-2H3. The van der Waals surface area contributed by atoms with Crippen molar-refractivity contribution < 1.29 is 18.3 Å². The van der Waals surface area contributed by atoms with Crippen LogP contribution in [0.2, 0.25) is 0 Å². The molecule has 138 valence electrons. The number of anilines is 1. The van der Waals surface area contributed by atoms with Crippen molar-refractivity contribution >= 4 is 16.7 Å². The number of benzene rings is 2. The number of fused-ring (bicyclic) bond motifs is 1. The summed E-state index contributed by atoms with van der Waals surface area (Å²) >= 11 is 0. The van der Waals surface area contributed by atoms with Gasteiger partial charge in [-0.15, -0.1) is 0 Å². The summed E-state index contributed by atoms with van der Waals surface area (Å²) in [5, 5.41) is 9.16. The molecule has 1 aromatic heterocycles. The number of hydrogen-bond donors (Lipinski definition) is 0. The molecular weight excluding hydrogens is 354 g/mol. The fourth-order valence-electron chi connectivity index (χ4n) is 2.71. The van der Waals surface area contributed by atoms with Crippen LogP contribution in [-0.2, 0) is 6.54 Å². The second-order valence-electron chi connectivity index (χ2n) is 5.62. The molecule has 0 spiro atoms. The lowest BCUT2D eigenvalue weighted by Crippen LogP contribution is -2.25. The first-order valence-corrected chi connectivity index (χ1v) is 8.01. The van der Waals surface area contributed by atoms with Gasteiger partial charge in [-0.2, -0.15) is 9.65 Å². The quantitative estimate of drug-likeness (QED) is 0.619. The third-order valence-electron chi connectivity index (χ3n) is 3.99. The first kappa shape index (κ1) is 18.3. The molecule has 27 heavy (non-hydrogen) atoms. The van der Waals surface area contributed by atoms with E-state index in [1.807, 2.05) is 30.3 Å². The largest absolute Gasteiger partial charge is 0.493 e. The summed E-state index contributed by atoms with van der Waals surface area (Å²) in [4.78, 5) is 10.2. The summed E-state index contributed by atoms with van der Waals surface area (Å²) in [5.41, 5.74) is 1.92. The molecule has 8 heteroatoms. The predicted octanol–water partition coefficient (Wildman–Crippen LogP) is 3.46. The number of hydrogen-bond acceptors (Lipinski definition) is 6. The van der Waals surface area contributed by atoms with Crippen LogP contribution in [0.25, 0.3) is 11.0 Å². The van der Waals surface area contributed by atoms with E-state index in [0.29, 0.717) is 11.2 Å². The molecule has 0 saturated carbocycles. The zero-order valence-electron chi connectivity index (χ0n) is 14.7. The maximum atomic E-state index is 14.8. The van der Waals surface area contributed by atoms with E-state index in [0.717, 1.165) is 12.6 Å². The summed E-state index contributed by atoms with van der Waals surface area (Å²) in [6.45, 7) is -0.0520. The third-order valence-corrected chi connectivity index (χ3v) is 3.99. The first-order valence-electron chi connectivity index (χ1n) is 8.01. The minimum atomic E-state index is -0.941. The van der Waals surface area contributed by atoms with Gasteiger partial charge in [-0.1, -0.05) is 12.1 Å². The normalized spacial score (nSPS) is 10.5. The molecule has 0 aliphatic carbocycles. The molecule has 6 nitrogen and oxygen atoms in total. The number of nitrogens with zero attached hydrogens (tertiary/aromatic N) is 4. The van der Waals surface area contributed by atoms with Gasteiger partial charge in [0.05, 0.1) is 55.4 Å². The maximum Gasteiger partial charge on any atom is 0.210 e. The topological polar surface area (TPSA) is 71.3 Å². The highest BCUT2D eigenvalue weighted by Gasteiger charge is 2.24. The van der Waals surface area contributed by atoms with Crippen molar-refractivity contribution in [1.82, 2.24) is 9.97 Å². The number of halogens is 2. The Labute approximate surface area is 154 Å². The van der Waals surface area contributed by atoms with Crippen LogP contribution in [0.5, 0.6) is 11.5 Å². The molecule has 0 radical (unpaired) electrons. The molecule has 1 heterocycles. The number of nitriles is 1. The van der Waals surface area contributed by atoms with E-state index in [-0.39, 0.29) is 24.5 Å². The fourth-order valence-corrected chi connectivity index (χ4v) is 2.71. The van der Waals surface area contributed by atoms with Gasteiger partial charge in [0, 0.05) is 6.07 Å². The van der Waals surface area contributed by atoms with Crippen LogP contribution < -0.4 is 14.4 Å². The van der Waals surface area contributed by atoms with Gasteiger partial charge in [-0.3, -0.25) is 4.98 Å². The summed E-state index contributed by atoms with van der Waals surface area (Å²) in [6, 6.07) is 10.5. The van der Waals surface area contributed by atoms with Crippen molar-refractivity contribution in [1.29, 1.82) is 5.26 Å². The van der Waals surface area contributed by atoms with E-state index in [9.17, 15) is 8.78 Å². The maximum absolute atomic E-state index is 14.8. The zero-order valence-corrected chi connectivity index (χ0v) is 14.7. The molecule has 0 fully saturated rings. The summed E-state index contributed by atoms with van der Waals surface area (Å²) in [5.74, 6) is -2.61. The number of methoxy groups -OCH3 is 2. The van der Waals surface area contributed by atoms with Crippen LogP contribution in [0.15, 0.2) is 36.5 Å². The lowest BCUT2D eigenvalue weighted by Gasteiger charge is -2.23. The van der Waals surface area contributed by atoms with Gasteiger partial charge in [0.2, 0.25) is 5.82 Å². The smallest absolute Gasteiger partial charge is 0.210 e. The number of rotatable bonds is 6. The van der Waals surface area contributed by atoms with Gasteiger partial charge < -0.3 is 14.4 Å². The van der Waals surface area contributed by atoms with Crippen LogP contribution in [0.4, 0.5) is 14.5 Å². The van der Waals surface area contributed by atoms with Crippen LogP contribution in [0.3, 0.4) is 0 Å². The van der Waals surface area contributed by atoms with E-state index in [1.54, 1.807) is 6.20 Å². The molecule has 0 aliphatic heterocycles. The Kier molecular flexibility index (Phi) is 5.31. The highest BCUT2D eigenvalue weighted by molar-refractivity contribution is 5.73. The van der Waals surface area contributed by atoms with Crippen molar-refractivity contribution in [3.05, 3.63) is 53.9 Å². The Bertz CT molecular complexity index is 1020. The molecule has 0 N–H and O–H groups in total. The monoisotopic (exact) mass is 370 g/mol. The Morgan fingerprint density at radius 3 is 2.52 bits per heavy atom. The number of ether oxygens (including phenoxy) is 2. The molecule has 3 aromatic rings. The summed E-state index contributed by atoms with van der Waals surface area (Å²) in [7, 11) is 2.43. The first-order chi connectivity index (χ1) is 13.1. The molecular formula is C19H16F2N4O2. The second-order valence-corrected chi connectivity index (χ2v) is 5.62. The van der Waals surface area contributed by atoms with Crippen molar-refractivity contribution in [3.8, 4) is 17.6 Å². The number of aromatic nitrogens is 2. The van der Waals surface area contributed by atoms with E-state index >= 15 is 0 Å². The van der Waals surface area contributed by atoms with Gasteiger partial charge in [0.15, 0.2) is 17.3 Å². The zero-order chi connectivity index (χ0) is 19.4. The average Bonchev–Trinajstić information content (AvgIpc) is 2.68. The van der Waals surface area contributed by atoms with Crippen LogP contribution in [-0.4, -0.2) is 30.7 Å². The van der Waals surface area contributed by atoms with Gasteiger partial charge in [-0.25, -0.2) is 9.37 Å². The van der Waals surface area contributed by atoms with Crippen molar-refractivity contribution in [2.45, 2.75) is 6.54 Å². The van der Waals surface area contributed by atoms with E-state index < -0.39 is 17.4 Å². The highest BCUT2D eigenvalue weighted by atomic mass is 19.1. The Morgan fingerprint density at radius 2 is 1.85 bits per heavy atom. The van der Waals surface area contributed by atoms with Crippen molar-refractivity contribution in [2.24, 2.45) is 0 Å². The van der Waals surface area contributed by atoms with Crippen molar-refractivity contribution in [2.75, 3.05) is 25.7 Å².